The SMILES string of the molecule is Cc1ccc(Br)cc1O[C@H](C)C(=O)O. The second-order valence-corrected chi connectivity index (χ2v) is 3.92. The second-order valence-electron chi connectivity index (χ2n) is 3.01. The number of aliphatic carboxylic acids is 1. The van der Waals surface area contributed by atoms with Crippen LogP contribution in [-0.2, 0) is 4.79 Å². The van der Waals surface area contributed by atoms with Crippen LogP contribution in [-0.4, -0.2) is 17.2 Å². The minimum atomic E-state index is -0.968. The third-order valence-corrected chi connectivity index (χ3v) is 2.29. The summed E-state index contributed by atoms with van der Waals surface area (Å²) in [4.78, 5) is 10.6. The molecule has 0 heterocycles. The third kappa shape index (κ3) is 2.73. The van der Waals surface area contributed by atoms with Crippen LogP contribution in [0.15, 0.2) is 22.7 Å². The summed E-state index contributed by atoms with van der Waals surface area (Å²) >= 11 is 3.30. The van der Waals surface area contributed by atoms with Gasteiger partial charge in [0.25, 0.3) is 0 Å². The number of carboxylic acids is 1. The number of carboxylic acid groups (broad SMARTS) is 1. The molecule has 1 atom stereocenters. The Morgan fingerprint density at radius 3 is 2.79 bits per heavy atom. The molecule has 1 aromatic carbocycles. The standard InChI is InChI=1S/C10H11BrO3/c1-6-3-4-8(11)5-9(6)14-7(2)10(12)13/h3-5,7H,1-2H3,(H,12,13)/t7-/m1/s1. The van der Waals surface area contributed by atoms with E-state index in [4.69, 9.17) is 9.84 Å². The van der Waals surface area contributed by atoms with Crippen LogP contribution >= 0.6 is 15.9 Å². The van der Waals surface area contributed by atoms with Gasteiger partial charge in [-0.3, -0.25) is 0 Å². The molecule has 1 N–H and O–H groups in total. The summed E-state index contributed by atoms with van der Waals surface area (Å²) < 4.78 is 6.13. The van der Waals surface area contributed by atoms with Crippen molar-refractivity contribution in [3.63, 3.8) is 0 Å². The van der Waals surface area contributed by atoms with Gasteiger partial charge < -0.3 is 9.84 Å². The van der Waals surface area contributed by atoms with Gasteiger partial charge in [-0.1, -0.05) is 22.0 Å². The van der Waals surface area contributed by atoms with Crippen LogP contribution in [0.1, 0.15) is 12.5 Å². The van der Waals surface area contributed by atoms with Crippen molar-refractivity contribution in [2.75, 3.05) is 0 Å². The highest BCUT2D eigenvalue weighted by atomic mass is 79.9. The molecule has 0 fully saturated rings. The van der Waals surface area contributed by atoms with E-state index in [1.807, 2.05) is 19.1 Å². The van der Waals surface area contributed by atoms with Gasteiger partial charge in [0.15, 0.2) is 6.10 Å². The van der Waals surface area contributed by atoms with E-state index in [9.17, 15) is 4.79 Å². The summed E-state index contributed by atoms with van der Waals surface area (Å²) in [6.45, 7) is 3.37. The number of halogens is 1. The molecule has 0 aromatic heterocycles. The lowest BCUT2D eigenvalue weighted by Gasteiger charge is -2.12. The van der Waals surface area contributed by atoms with E-state index < -0.39 is 12.1 Å². The molecule has 0 spiro atoms. The Morgan fingerprint density at radius 1 is 1.57 bits per heavy atom. The van der Waals surface area contributed by atoms with Gasteiger partial charge in [0.1, 0.15) is 5.75 Å². The van der Waals surface area contributed by atoms with E-state index in [0.29, 0.717) is 5.75 Å². The van der Waals surface area contributed by atoms with Crippen molar-refractivity contribution in [1.82, 2.24) is 0 Å². The summed E-state index contributed by atoms with van der Waals surface area (Å²) in [5.74, 6) is -0.376. The fraction of sp³-hybridized carbons (Fsp3) is 0.300. The van der Waals surface area contributed by atoms with Crippen molar-refractivity contribution in [1.29, 1.82) is 0 Å². The number of ether oxygens (including phenoxy) is 1. The fourth-order valence-electron chi connectivity index (χ4n) is 0.942. The first-order valence-corrected chi connectivity index (χ1v) is 4.95. The maximum absolute atomic E-state index is 10.6. The van der Waals surface area contributed by atoms with Crippen molar-refractivity contribution in [2.45, 2.75) is 20.0 Å². The van der Waals surface area contributed by atoms with Gasteiger partial charge in [-0.2, -0.15) is 0 Å². The number of benzene rings is 1. The Labute approximate surface area is 90.8 Å². The predicted octanol–water partition coefficient (Wildman–Crippen LogP) is 2.61. The first-order chi connectivity index (χ1) is 6.50. The highest BCUT2D eigenvalue weighted by Crippen LogP contribution is 2.23. The highest BCUT2D eigenvalue weighted by Gasteiger charge is 2.13. The Hall–Kier alpha value is -1.03. The lowest BCUT2D eigenvalue weighted by molar-refractivity contribution is -0.144. The Morgan fingerprint density at radius 2 is 2.21 bits per heavy atom. The molecule has 4 heteroatoms. The zero-order chi connectivity index (χ0) is 10.7. The predicted molar refractivity (Wildman–Crippen MR) is 56.6 cm³/mol. The maximum Gasteiger partial charge on any atom is 0.344 e. The van der Waals surface area contributed by atoms with Gasteiger partial charge in [-0.25, -0.2) is 4.79 Å². The van der Waals surface area contributed by atoms with Crippen LogP contribution in [0.3, 0.4) is 0 Å². The van der Waals surface area contributed by atoms with Crippen LogP contribution in [0.2, 0.25) is 0 Å². The molecule has 0 bridgehead atoms. The van der Waals surface area contributed by atoms with Gasteiger partial charge >= 0.3 is 5.97 Å². The molecule has 0 aliphatic heterocycles. The van der Waals surface area contributed by atoms with E-state index in [2.05, 4.69) is 15.9 Å². The van der Waals surface area contributed by atoms with E-state index in [1.54, 1.807) is 6.07 Å². The monoisotopic (exact) mass is 258 g/mol. The maximum atomic E-state index is 10.6. The van der Waals surface area contributed by atoms with Crippen molar-refractivity contribution >= 4 is 21.9 Å². The lowest BCUT2D eigenvalue weighted by atomic mass is 10.2. The van der Waals surface area contributed by atoms with Gasteiger partial charge in [0.05, 0.1) is 0 Å². The van der Waals surface area contributed by atoms with Crippen molar-refractivity contribution in [2.24, 2.45) is 0 Å². The second kappa shape index (κ2) is 4.46. The fourth-order valence-corrected chi connectivity index (χ4v) is 1.28. The number of hydrogen-bond acceptors (Lipinski definition) is 2. The number of hydrogen-bond donors (Lipinski definition) is 1. The first kappa shape index (κ1) is 11.0. The molecule has 0 saturated heterocycles. The zero-order valence-corrected chi connectivity index (χ0v) is 9.54. The average molecular weight is 259 g/mol. The van der Waals surface area contributed by atoms with E-state index >= 15 is 0 Å². The van der Waals surface area contributed by atoms with Gasteiger partial charge in [0, 0.05) is 4.47 Å². The van der Waals surface area contributed by atoms with E-state index in [0.717, 1.165) is 10.0 Å². The third-order valence-electron chi connectivity index (χ3n) is 1.80. The van der Waals surface area contributed by atoms with Crippen molar-refractivity contribution in [3.05, 3.63) is 28.2 Å². The molecule has 0 saturated carbocycles. The lowest BCUT2D eigenvalue weighted by Crippen LogP contribution is -2.23. The zero-order valence-electron chi connectivity index (χ0n) is 7.95. The average Bonchev–Trinajstić information content (AvgIpc) is 2.11. The Kier molecular flexibility index (Phi) is 3.52. The molecular formula is C10H11BrO3. The largest absolute Gasteiger partial charge is 0.479 e. The molecule has 0 amide bonds. The molecule has 1 aromatic rings. The van der Waals surface area contributed by atoms with Crippen LogP contribution < -0.4 is 4.74 Å². The summed E-state index contributed by atoms with van der Waals surface area (Å²) in [6, 6.07) is 5.51. The molecule has 3 nitrogen and oxygen atoms in total. The first-order valence-electron chi connectivity index (χ1n) is 4.16. The highest BCUT2D eigenvalue weighted by molar-refractivity contribution is 9.10. The summed E-state index contributed by atoms with van der Waals surface area (Å²) in [5.41, 5.74) is 0.918. The Balaban J connectivity index is 2.85. The van der Waals surface area contributed by atoms with Crippen LogP contribution in [0, 0.1) is 6.92 Å². The van der Waals surface area contributed by atoms with Crippen LogP contribution in [0.25, 0.3) is 0 Å². The minimum Gasteiger partial charge on any atom is -0.479 e. The molecule has 1 rings (SSSR count). The summed E-state index contributed by atoms with van der Waals surface area (Å²) in [6.07, 6.45) is -0.831. The molecule has 14 heavy (non-hydrogen) atoms. The van der Waals surface area contributed by atoms with Crippen LogP contribution in [0.4, 0.5) is 0 Å². The smallest absolute Gasteiger partial charge is 0.344 e. The molecule has 0 aliphatic carbocycles. The van der Waals surface area contributed by atoms with Crippen molar-refractivity contribution < 1.29 is 14.6 Å². The van der Waals surface area contributed by atoms with Crippen LogP contribution in [0.5, 0.6) is 5.75 Å². The minimum absolute atomic E-state index is 0.592. The van der Waals surface area contributed by atoms with E-state index in [1.165, 1.54) is 6.92 Å². The number of rotatable bonds is 3. The normalized spacial score (nSPS) is 12.2. The van der Waals surface area contributed by atoms with Gasteiger partial charge in [-0.15, -0.1) is 0 Å². The van der Waals surface area contributed by atoms with Gasteiger partial charge in [0.2, 0.25) is 0 Å². The molecule has 76 valence electrons. The number of carbonyl (C=O) groups is 1. The topological polar surface area (TPSA) is 46.5 Å². The molecule has 0 radical (unpaired) electrons. The summed E-state index contributed by atoms with van der Waals surface area (Å²) in [5, 5.41) is 8.67. The number of aryl methyl sites for hydroxylation is 1. The van der Waals surface area contributed by atoms with Gasteiger partial charge in [-0.05, 0) is 31.5 Å². The molecule has 0 aliphatic rings. The molecular weight excluding hydrogens is 248 g/mol. The molecule has 0 unspecified atom stereocenters. The quantitative estimate of drug-likeness (QED) is 0.907. The summed E-state index contributed by atoms with van der Waals surface area (Å²) in [7, 11) is 0. The Bertz CT molecular complexity index is 349. The van der Waals surface area contributed by atoms with Crippen molar-refractivity contribution in [3.8, 4) is 5.75 Å². The van der Waals surface area contributed by atoms with E-state index in [-0.39, 0.29) is 0 Å².